The molecule has 3 aromatic rings. The number of nitro groups is 1. The largest absolute Gasteiger partial charge is 0.343 e. The predicted octanol–water partition coefficient (Wildman–Crippen LogP) is 4.39. The van der Waals surface area contributed by atoms with Gasteiger partial charge in [-0.2, -0.15) is 4.39 Å². The molecule has 0 fully saturated rings. The minimum absolute atomic E-state index is 0.206. The zero-order valence-electron chi connectivity index (χ0n) is 10.8. The van der Waals surface area contributed by atoms with Gasteiger partial charge in [0.2, 0.25) is 5.82 Å². The highest BCUT2D eigenvalue weighted by Crippen LogP contribution is 2.26. The maximum Gasteiger partial charge on any atom is 0.305 e. The molecule has 6 heteroatoms. The van der Waals surface area contributed by atoms with Crippen molar-refractivity contribution >= 4 is 28.2 Å². The van der Waals surface area contributed by atoms with Gasteiger partial charge in [0, 0.05) is 33.8 Å². The molecule has 0 aliphatic carbocycles. The first-order valence-corrected chi connectivity index (χ1v) is 6.61. The van der Waals surface area contributed by atoms with Crippen LogP contribution in [0, 0.1) is 15.9 Å². The normalized spacial score (nSPS) is 11.0. The Hall–Kier alpha value is -2.40. The average Bonchev–Trinajstić information content (AvgIpc) is 2.85. The van der Waals surface area contributed by atoms with Crippen LogP contribution in [0.15, 0.2) is 48.7 Å². The Labute approximate surface area is 124 Å². The van der Waals surface area contributed by atoms with E-state index in [9.17, 15) is 14.5 Å². The highest BCUT2D eigenvalue weighted by molar-refractivity contribution is 6.35. The van der Waals surface area contributed by atoms with Crippen LogP contribution < -0.4 is 0 Å². The molecule has 0 N–H and O–H groups in total. The van der Waals surface area contributed by atoms with Crippen LogP contribution >= 0.6 is 11.6 Å². The molecule has 1 aromatic heterocycles. The fourth-order valence-corrected chi connectivity index (χ4v) is 2.57. The molecule has 0 unspecified atom stereocenters. The molecule has 0 radical (unpaired) electrons. The fourth-order valence-electron chi connectivity index (χ4n) is 2.34. The van der Waals surface area contributed by atoms with Crippen LogP contribution in [0.1, 0.15) is 5.56 Å². The Kier molecular flexibility index (Phi) is 3.35. The molecule has 3 rings (SSSR count). The van der Waals surface area contributed by atoms with Gasteiger partial charge in [-0.15, -0.1) is 0 Å². The minimum Gasteiger partial charge on any atom is -0.343 e. The minimum atomic E-state index is -0.800. The van der Waals surface area contributed by atoms with Gasteiger partial charge in [-0.25, -0.2) is 0 Å². The third-order valence-electron chi connectivity index (χ3n) is 3.36. The third-order valence-corrected chi connectivity index (χ3v) is 3.69. The molecule has 0 bridgehead atoms. The van der Waals surface area contributed by atoms with Crippen molar-refractivity contribution in [2.24, 2.45) is 0 Å². The third kappa shape index (κ3) is 2.36. The quantitative estimate of drug-likeness (QED) is 0.532. The number of halogens is 2. The van der Waals surface area contributed by atoms with E-state index in [-0.39, 0.29) is 12.1 Å². The smallest absolute Gasteiger partial charge is 0.305 e. The lowest BCUT2D eigenvalue weighted by Crippen LogP contribution is -2.03. The monoisotopic (exact) mass is 304 g/mol. The van der Waals surface area contributed by atoms with E-state index < -0.39 is 16.4 Å². The first-order chi connectivity index (χ1) is 10.1. The summed E-state index contributed by atoms with van der Waals surface area (Å²) >= 11 is 6.09. The molecule has 0 aliphatic rings. The van der Waals surface area contributed by atoms with Crippen molar-refractivity contribution < 1.29 is 9.31 Å². The number of hydrogen-bond donors (Lipinski definition) is 0. The lowest BCUT2D eigenvalue weighted by molar-refractivity contribution is -0.387. The van der Waals surface area contributed by atoms with Crippen molar-refractivity contribution in [1.29, 1.82) is 0 Å². The molecular formula is C15H10ClFN2O2. The number of benzene rings is 2. The van der Waals surface area contributed by atoms with Gasteiger partial charge >= 0.3 is 5.69 Å². The van der Waals surface area contributed by atoms with Crippen molar-refractivity contribution in [2.75, 3.05) is 0 Å². The Bertz CT molecular complexity index is 845. The molecule has 0 atom stereocenters. The van der Waals surface area contributed by atoms with Crippen molar-refractivity contribution in [3.63, 3.8) is 0 Å². The van der Waals surface area contributed by atoms with Gasteiger partial charge in [0.1, 0.15) is 0 Å². The van der Waals surface area contributed by atoms with Crippen LogP contribution in [0.4, 0.5) is 10.1 Å². The Balaban J connectivity index is 2.05. The van der Waals surface area contributed by atoms with Gasteiger partial charge in [-0.1, -0.05) is 29.8 Å². The van der Waals surface area contributed by atoms with Crippen molar-refractivity contribution in [1.82, 2.24) is 4.57 Å². The van der Waals surface area contributed by atoms with Gasteiger partial charge in [-0.3, -0.25) is 10.1 Å². The van der Waals surface area contributed by atoms with Crippen LogP contribution in [0.2, 0.25) is 5.02 Å². The van der Waals surface area contributed by atoms with E-state index in [1.807, 2.05) is 22.8 Å². The zero-order valence-corrected chi connectivity index (χ0v) is 11.5. The number of hydrogen-bond acceptors (Lipinski definition) is 2. The van der Waals surface area contributed by atoms with Gasteiger partial charge < -0.3 is 4.57 Å². The average molecular weight is 305 g/mol. The molecule has 4 nitrogen and oxygen atoms in total. The van der Waals surface area contributed by atoms with E-state index in [1.165, 1.54) is 6.07 Å². The summed E-state index contributed by atoms with van der Waals surface area (Å²) in [5, 5.41) is 12.3. The van der Waals surface area contributed by atoms with Crippen LogP contribution in [-0.4, -0.2) is 9.49 Å². The summed E-state index contributed by atoms with van der Waals surface area (Å²) in [6.07, 6.45) is 1.79. The summed E-state index contributed by atoms with van der Waals surface area (Å²) in [4.78, 5) is 10.1. The van der Waals surface area contributed by atoms with Crippen molar-refractivity contribution in [2.45, 2.75) is 6.54 Å². The number of fused-ring (bicyclic) bond motifs is 1. The van der Waals surface area contributed by atoms with Gasteiger partial charge in [0.25, 0.3) is 0 Å². The van der Waals surface area contributed by atoms with E-state index in [0.29, 0.717) is 5.02 Å². The molecule has 0 saturated heterocycles. The first-order valence-electron chi connectivity index (χ1n) is 6.23. The SMILES string of the molecule is O=[N+]([O-])c1cccc(Cn2ccc3c(Cl)cccc32)c1F. The fraction of sp³-hybridized carbons (Fsp3) is 0.0667. The topological polar surface area (TPSA) is 48.1 Å². The van der Waals surface area contributed by atoms with E-state index in [0.717, 1.165) is 17.0 Å². The summed E-state index contributed by atoms with van der Waals surface area (Å²) in [6.45, 7) is 0.206. The van der Waals surface area contributed by atoms with Crippen LogP contribution in [-0.2, 0) is 6.54 Å². The molecule has 21 heavy (non-hydrogen) atoms. The first kappa shape index (κ1) is 13.6. The van der Waals surface area contributed by atoms with Gasteiger partial charge in [-0.05, 0) is 18.2 Å². The van der Waals surface area contributed by atoms with Crippen LogP contribution in [0.25, 0.3) is 10.9 Å². The second-order valence-electron chi connectivity index (χ2n) is 4.62. The maximum absolute atomic E-state index is 14.1. The molecule has 2 aromatic carbocycles. The lowest BCUT2D eigenvalue weighted by atomic mass is 10.2. The number of rotatable bonds is 3. The van der Waals surface area contributed by atoms with Crippen LogP contribution in [0.5, 0.6) is 0 Å². The number of aromatic nitrogens is 1. The highest BCUT2D eigenvalue weighted by Gasteiger charge is 2.17. The summed E-state index contributed by atoms with van der Waals surface area (Å²) in [5.41, 5.74) is 0.608. The van der Waals surface area contributed by atoms with Crippen molar-refractivity contribution in [3.05, 3.63) is 75.2 Å². The summed E-state index contributed by atoms with van der Waals surface area (Å²) in [6, 6.07) is 11.5. The van der Waals surface area contributed by atoms with E-state index >= 15 is 0 Å². The van der Waals surface area contributed by atoms with E-state index in [1.54, 1.807) is 18.3 Å². The van der Waals surface area contributed by atoms with Crippen LogP contribution in [0.3, 0.4) is 0 Å². The standard InChI is InChI=1S/C15H10ClFN2O2/c16-12-4-2-5-13-11(12)7-8-18(13)9-10-3-1-6-14(15(10)17)19(20)21/h1-8H,9H2. The van der Waals surface area contributed by atoms with Gasteiger partial charge in [0.05, 0.1) is 11.5 Å². The Morgan fingerprint density at radius 2 is 1.95 bits per heavy atom. The maximum atomic E-state index is 14.1. The molecule has 1 heterocycles. The molecule has 106 valence electrons. The second kappa shape index (κ2) is 5.18. The number of nitro benzene ring substituents is 1. The lowest BCUT2D eigenvalue weighted by Gasteiger charge is -2.07. The van der Waals surface area contributed by atoms with Crippen molar-refractivity contribution in [3.8, 4) is 0 Å². The number of nitrogens with zero attached hydrogens (tertiary/aromatic N) is 2. The summed E-state index contributed by atoms with van der Waals surface area (Å²) < 4.78 is 15.9. The van der Waals surface area contributed by atoms with E-state index in [2.05, 4.69) is 0 Å². The predicted molar refractivity (Wildman–Crippen MR) is 79.1 cm³/mol. The molecule has 0 amide bonds. The zero-order chi connectivity index (χ0) is 15.0. The summed E-state index contributed by atoms with van der Waals surface area (Å²) in [5.74, 6) is -0.800. The molecule has 0 saturated carbocycles. The molecular weight excluding hydrogens is 295 g/mol. The highest BCUT2D eigenvalue weighted by atomic mass is 35.5. The Morgan fingerprint density at radius 1 is 1.19 bits per heavy atom. The van der Waals surface area contributed by atoms with E-state index in [4.69, 9.17) is 11.6 Å². The second-order valence-corrected chi connectivity index (χ2v) is 5.03. The molecule has 0 spiro atoms. The Morgan fingerprint density at radius 3 is 2.71 bits per heavy atom. The summed E-state index contributed by atoms with van der Waals surface area (Å²) in [7, 11) is 0. The molecule has 0 aliphatic heterocycles. The van der Waals surface area contributed by atoms with Gasteiger partial charge in [0.15, 0.2) is 0 Å².